The molecule has 0 unspecified atom stereocenters. The van der Waals surface area contributed by atoms with Crippen molar-refractivity contribution in [3.8, 4) is 74.1 Å². The van der Waals surface area contributed by atoms with E-state index < -0.39 is 11.7 Å². The van der Waals surface area contributed by atoms with E-state index in [1.165, 1.54) is 6.07 Å². The number of aromatic nitrogens is 2. The number of para-hydroxylation sites is 2. The molecule has 0 aliphatic carbocycles. The molecule has 0 aliphatic rings. The summed E-state index contributed by atoms with van der Waals surface area (Å²) in [4.78, 5) is 7.26. The van der Waals surface area contributed by atoms with Crippen LogP contribution in [-0.2, 0) is 6.18 Å². The van der Waals surface area contributed by atoms with Crippen molar-refractivity contribution in [2.75, 3.05) is 0 Å². The van der Waals surface area contributed by atoms with Crippen LogP contribution in [0.2, 0.25) is 0 Å². The molecule has 0 radical (unpaired) electrons. The maximum atomic E-state index is 14.2. The second-order valence-electron chi connectivity index (χ2n) is 17.2. The average Bonchev–Trinajstić information content (AvgIpc) is 3.92. The first-order valence-electron chi connectivity index (χ1n) is 22.3. The van der Waals surface area contributed by atoms with E-state index >= 15 is 0 Å². The summed E-state index contributed by atoms with van der Waals surface area (Å²) in [6.07, 6.45) is -4.55. The number of benzene rings is 9. The number of halogens is 3. The van der Waals surface area contributed by atoms with Crippen LogP contribution in [0.25, 0.3) is 109 Å². The van der Waals surface area contributed by atoms with Crippen molar-refractivity contribution < 1.29 is 13.2 Å². The maximum absolute atomic E-state index is 14.2. The van der Waals surface area contributed by atoms with Gasteiger partial charge in [0.2, 0.25) is 0 Å². The zero-order chi connectivity index (χ0) is 49.1. The predicted molar refractivity (Wildman–Crippen MR) is 273 cm³/mol. The van der Waals surface area contributed by atoms with E-state index in [2.05, 4.69) is 43.1 Å². The monoisotopic (exact) mass is 919 g/mol. The molecule has 0 saturated carbocycles. The van der Waals surface area contributed by atoms with Crippen LogP contribution in [0.1, 0.15) is 27.8 Å². The Hall–Kier alpha value is -10.2. The van der Waals surface area contributed by atoms with Gasteiger partial charge in [0, 0.05) is 43.9 Å². The van der Waals surface area contributed by atoms with Gasteiger partial charge >= 0.3 is 6.18 Å². The Kier molecular flexibility index (Phi) is 10.3. The Labute approximate surface area is 405 Å². The summed E-state index contributed by atoms with van der Waals surface area (Å²) in [6, 6.07) is 60.0. The molecule has 0 fully saturated rings. The van der Waals surface area contributed by atoms with Gasteiger partial charge in [0.05, 0.1) is 70.2 Å². The van der Waals surface area contributed by atoms with Crippen LogP contribution in [0.4, 0.5) is 24.5 Å². The van der Waals surface area contributed by atoms with Crippen LogP contribution in [0.5, 0.6) is 0 Å². The highest BCUT2D eigenvalue weighted by molar-refractivity contribution is 6.13. The van der Waals surface area contributed by atoms with Gasteiger partial charge in [-0.05, 0) is 148 Å². The zero-order valence-corrected chi connectivity index (χ0v) is 37.5. The highest BCUT2D eigenvalue weighted by atomic mass is 19.4. The molecular formula is C61H32F3N7. The quantitative estimate of drug-likeness (QED) is 0.156. The summed E-state index contributed by atoms with van der Waals surface area (Å²) in [6.45, 7) is 17.1. The summed E-state index contributed by atoms with van der Waals surface area (Å²) in [5.41, 5.74) is 12.0. The Morgan fingerprint density at radius 2 is 1.06 bits per heavy atom. The number of nitrogens with zero attached hydrogens (tertiary/aromatic N) is 7. The third kappa shape index (κ3) is 7.19. The highest BCUT2D eigenvalue weighted by Crippen LogP contribution is 2.45. The van der Waals surface area contributed by atoms with Crippen molar-refractivity contribution >= 4 is 55.0 Å². The van der Waals surface area contributed by atoms with E-state index in [0.29, 0.717) is 67.0 Å². The lowest BCUT2D eigenvalue weighted by molar-refractivity contribution is -0.137. The molecule has 71 heavy (non-hydrogen) atoms. The smallest absolute Gasteiger partial charge is 0.309 e. The van der Waals surface area contributed by atoms with Gasteiger partial charge in [-0.15, -0.1) is 0 Å². The first-order chi connectivity index (χ1) is 34.5. The third-order valence-electron chi connectivity index (χ3n) is 13.2. The molecule has 0 aliphatic heterocycles. The summed E-state index contributed by atoms with van der Waals surface area (Å²) >= 11 is 0. The molecule has 2 heterocycles. The molecule has 7 nitrogen and oxygen atoms in total. The zero-order valence-electron chi connectivity index (χ0n) is 37.5. The van der Waals surface area contributed by atoms with Crippen molar-refractivity contribution in [3.05, 3.63) is 227 Å². The fraction of sp³-hybridized carbons (Fsp3) is 0.0328. The molecular weight excluding hydrogens is 888 g/mol. The van der Waals surface area contributed by atoms with Crippen LogP contribution in [0, 0.1) is 54.1 Å². The fourth-order valence-corrected chi connectivity index (χ4v) is 9.99. The summed E-state index contributed by atoms with van der Waals surface area (Å²) < 4.78 is 46.7. The van der Waals surface area contributed by atoms with Gasteiger partial charge in [-0.1, -0.05) is 78.9 Å². The Bertz CT molecular complexity index is 4310. The van der Waals surface area contributed by atoms with Crippen molar-refractivity contribution in [1.82, 2.24) is 9.13 Å². The molecule has 0 saturated heterocycles. The van der Waals surface area contributed by atoms with E-state index in [4.69, 9.17) is 13.1 Å². The number of hydrogen-bond acceptors (Lipinski definition) is 3. The molecule has 11 rings (SSSR count). The summed E-state index contributed by atoms with van der Waals surface area (Å²) in [5.74, 6) is 0. The molecule has 11 aromatic rings. The van der Waals surface area contributed by atoms with Crippen LogP contribution in [0.3, 0.4) is 0 Å². The van der Waals surface area contributed by atoms with Gasteiger partial charge < -0.3 is 9.13 Å². The van der Waals surface area contributed by atoms with Crippen molar-refractivity contribution in [2.45, 2.75) is 13.1 Å². The Morgan fingerprint density at radius 3 is 1.70 bits per heavy atom. The van der Waals surface area contributed by atoms with Gasteiger partial charge in [-0.25, -0.2) is 9.69 Å². The second-order valence-corrected chi connectivity index (χ2v) is 17.2. The summed E-state index contributed by atoms with van der Waals surface area (Å²) in [7, 11) is 0. The summed E-state index contributed by atoms with van der Waals surface area (Å²) in [5, 5.41) is 33.8. The fourth-order valence-electron chi connectivity index (χ4n) is 9.99. The van der Waals surface area contributed by atoms with Gasteiger partial charge in [-0.3, -0.25) is 0 Å². The predicted octanol–water partition coefficient (Wildman–Crippen LogP) is 16.6. The van der Waals surface area contributed by atoms with Crippen LogP contribution < -0.4 is 0 Å². The third-order valence-corrected chi connectivity index (χ3v) is 13.2. The molecule has 0 spiro atoms. The second kappa shape index (κ2) is 16.9. The minimum atomic E-state index is -4.55. The van der Waals surface area contributed by atoms with E-state index in [1.807, 2.05) is 109 Å². The largest absolute Gasteiger partial charge is 0.416 e. The van der Waals surface area contributed by atoms with E-state index in [0.717, 1.165) is 78.2 Å². The number of hydrogen-bond donors (Lipinski definition) is 0. The molecule has 0 N–H and O–H groups in total. The normalized spacial score (nSPS) is 11.3. The SMILES string of the molecule is [C-]#[N+]c1ccc(-c2ccc3c(c2)c2ccccc2n3-c2ccc(-c3ccc(C(F)(F)F)cc3C)c(-c3cc(C#N)ccc3-n3c4ccccc4c4cc(-c5ccc(C#N)cc5[N+]#[C-])ccc43)c2)c(C#N)c1. The van der Waals surface area contributed by atoms with Crippen molar-refractivity contribution in [3.63, 3.8) is 0 Å². The van der Waals surface area contributed by atoms with Crippen molar-refractivity contribution in [1.29, 1.82) is 15.8 Å². The van der Waals surface area contributed by atoms with E-state index in [1.54, 1.807) is 49.4 Å². The molecule has 0 atom stereocenters. The Balaban J connectivity index is 1.18. The maximum Gasteiger partial charge on any atom is 0.416 e. The lowest BCUT2D eigenvalue weighted by Crippen LogP contribution is -2.05. The molecule has 0 amide bonds. The molecule has 10 heteroatoms. The topological polar surface area (TPSA) is 89.9 Å². The van der Waals surface area contributed by atoms with Crippen LogP contribution >= 0.6 is 0 Å². The lowest BCUT2D eigenvalue weighted by Gasteiger charge is -2.20. The number of aryl methyl sites for hydroxylation is 1. The standard InChI is InChI=1S/C61H32F3N7/c1-36-26-42(61(62,63)64)16-20-45(36)48-22-18-44(70-56-10-6-4-8-49(56)53-30-39(14-24-58(53)70)46-21-17-43(68-2)29-41(46)35-67)32-51(48)52-27-37(33-65)13-23-59(52)71-57-11-7-5-9-50(57)54-31-40(15-25-60(54)71)47-19-12-38(34-66)28-55(47)69-3/h4-32H,1H3. The average molecular weight is 920 g/mol. The van der Waals surface area contributed by atoms with Crippen molar-refractivity contribution in [2.24, 2.45) is 0 Å². The Morgan fingerprint density at radius 1 is 0.465 bits per heavy atom. The minimum Gasteiger partial charge on any atom is -0.309 e. The van der Waals surface area contributed by atoms with Gasteiger partial charge in [-0.2, -0.15) is 29.0 Å². The first-order valence-corrected chi connectivity index (χ1v) is 22.3. The number of alkyl halides is 3. The van der Waals surface area contributed by atoms with Gasteiger partial charge in [0.15, 0.2) is 11.4 Å². The van der Waals surface area contributed by atoms with E-state index in [9.17, 15) is 29.0 Å². The molecule has 332 valence electrons. The number of nitriles is 3. The lowest BCUT2D eigenvalue weighted by atomic mass is 9.89. The van der Waals surface area contributed by atoms with Gasteiger partial charge in [0.1, 0.15) is 0 Å². The first kappa shape index (κ1) is 43.4. The highest BCUT2D eigenvalue weighted by Gasteiger charge is 2.31. The van der Waals surface area contributed by atoms with Crippen LogP contribution in [0.15, 0.2) is 176 Å². The van der Waals surface area contributed by atoms with E-state index in [-0.39, 0.29) is 0 Å². The number of fused-ring (bicyclic) bond motifs is 6. The number of rotatable bonds is 6. The molecule has 9 aromatic carbocycles. The van der Waals surface area contributed by atoms with Gasteiger partial charge in [0.25, 0.3) is 0 Å². The minimum absolute atomic E-state index is 0.358. The molecule has 2 aromatic heterocycles. The molecule has 0 bridgehead atoms. The van der Waals surface area contributed by atoms with Crippen LogP contribution in [-0.4, -0.2) is 9.13 Å².